The van der Waals surface area contributed by atoms with Crippen molar-refractivity contribution in [3.63, 3.8) is 0 Å². The normalized spacial score (nSPS) is 12.5. The predicted molar refractivity (Wildman–Crippen MR) is 72.4 cm³/mol. The first-order valence-electron chi connectivity index (χ1n) is 6.23. The van der Waals surface area contributed by atoms with E-state index in [9.17, 15) is 18.0 Å². The molecule has 0 radical (unpaired) electrons. The van der Waals surface area contributed by atoms with Crippen LogP contribution in [0, 0.1) is 17.2 Å². The number of nitriles is 1. The van der Waals surface area contributed by atoms with Crippen molar-refractivity contribution in [1.82, 2.24) is 4.98 Å². The summed E-state index contributed by atoms with van der Waals surface area (Å²) in [7, 11) is 1.33. The lowest BCUT2D eigenvalue weighted by Gasteiger charge is -2.12. The topological polar surface area (TPSA) is 75.0 Å². The molecule has 118 valence electrons. The molecule has 0 aliphatic carbocycles. The van der Waals surface area contributed by atoms with Gasteiger partial charge in [0.1, 0.15) is 17.6 Å². The van der Waals surface area contributed by atoms with Gasteiger partial charge in [-0.2, -0.15) is 18.4 Å². The van der Waals surface area contributed by atoms with Gasteiger partial charge in [0.2, 0.25) is 0 Å². The molecule has 5 nitrogen and oxygen atoms in total. The molecule has 1 rings (SSSR count). The maximum absolute atomic E-state index is 12.4. The second-order valence-corrected chi connectivity index (χ2v) is 4.59. The van der Waals surface area contributed by atoms with E-state index in [2.05, 4.69) is 10.3 Å². The number of carbonyl (C=O) groups excluding carboxylic acids is 1. The zero-order valence-corrected chi connectivity index (χ0v) is 12.2. The number of rotatable bonds is 4. The van der Waals surface area contributed by atoms with E-state index >= 15 is 0 Å². The lowest BCUT2D eigenvalue weighted by atomic mass is 10.1. The van der Waals surface area contributed by atoms with Crippen LogP contribution in [0.15, 0.2) is 29.7 Å². The van der Waals surface area contributed by atoms with Crippen LogP contribution >= 0.6 is 0 Å². The third kappa shape index (κ3) is 4.22. The Kier molecular flexibility index (Phi) is 5.51. The Morgan fingerprint density at radius 1 is 1.41 bits per heavy atom. The summed E-state index contributed by atoms with van der Waals surface area (Å²) < 4.78 is 42.2. The van der Waals surface area contributed by atoms with E-state index in [-0.39, 0.29) is 23.1 Å². The Bertz CT molecular complexity index is 614. The molecule has 8 heteroatoms. The quantitative estimate of drug-likeness (QED) is 0.526. The van der Waals surface area contributed by atoms with Gasteiger partial charge in [-0.05, 0) is 12.1 Å². The minimum atomic E-state index is -4.51. The van der Waals surface area contributed by atoms with Crippen LogP contribution in [-0.4, -0.2) is 18.0 Å². The van der Waals surface area contributed by atoms with Gasteiger partial charge in [-0.25, -0.2) is 4.98 Å². The highest BCUT2D eigenvalue weighted by Gasteiger charge is 2.30. The Morgan fingerprint density at radius 2 is 2.05 bits per heavy atom. The Morgan fingerprint density at radius 3 is 2.41 bits per heavy atom. The van der Waals surface area contributed by atoms with Crippen LogP contribution in [-0.2, 0) is 15.7 Å². The minimum absolute atomic E-state index is 0.0926. The van der Waals surface area contributed by atoms with Crippen molar-refractivity contribution < 1.29 is 22.7 Å². The van der Waals surface area contributed by atoms with E-state index in [4.69, 9.17) is 10.00 Å². The van der Waals surface area contributed by atoms with Crippen LogP contribution in [0.1, 0.15) is 19.4 Å². The molecule has 1 N–H and O–H groups in total. The zero-order valence-electron chi connectivity index (χ0n) is 12.2. The predicted octanol–water partition coefficient (Wildman–Crippen LogP) is 3.12. The zero-order chi connectivity index (χ0) is 16.9. The first-order chi connectivity index (χ1) is 10.2. The molecule has 0 bridgehead atoms. The Hall–Kier alpha value is -2.56. The Balaban J connectivity index is 3.00. The maximum Gasteiger partial charge on any atom is 0.417 e. The summed E-state index contributed by atoms with van der Waals surface area (Å²) in [6, 6.07) is 3.53. The van der Waals surface area contributed by atoms with Gasteiger partial charge in [-0.15, -0.1) is 0 Å². The fourth-order valence-electron chi connectivity index (χ4n) is 1.66. The molecular weight excluding hydrogens is 299 g/mol. The molecule has 0 saturated carbocycles. The fraction of sp³-hybridized carbons (Fsp3) is 0.357. The van der Waals surface area contributed by atoms with Gasteiger partial charge in [0, 0.05) is 12.1 Å². The number of hydrogen-bond acceptors (Lipinski definition) is 4. The summed E-state index contributed by atoms with van der Waals surface area (Å²) in [4.78, 5) is 15.5. The lowest BCUT2D eigenvalue weighted by molar-refractivity contribution is -0.137. The van der Waals surface area contributed by atoms with E-state index in [0.29, 0.717) is 6.20 Å². The van der Waals surface area contributed by atoms with Gasteiger partial charge >= 0.3 is 6.18 Å². The lowest BCUT2D eigenvalue weighted by Crippen LogP contribution is -2.18. The van der Waals surface area contributed by atoms with Gasteiger partial charge in [-0.3, -0.25) is 4.79 Å². The Labute approximate surface area is 125 Å². The van der Waals surface area contributed by atoms with Crippen molar-refractivity contribution in [2.45, 2.75) is 20.0 Å². The van der Waals surface area contributed by atoms with E-state index in [1.165, 1.54) is 7.11 Å². The summed E-state index contributed by atoms with van der Waals surface area (Å²) in [6.07, 6.45) is -3.90. The number of amides is 1. The number of methoxy groups -OCH3 is 1. The molecule has 0 atom stereocenters. The highest BCUT2D eigenvalue weighted by atomic mass is 19.4. The summed E-state index contributed by atoms with van der Waals surface area (Å²) in [5, 5.41) is 11.3. The van der Waals surface area contributed by atoms with Crippen molar-refractivity contribution in [3.8, 4) is 6.07 Å². The number of ether oxygens (including phenoxy) is 1. The number of anilines is 1. The van der Waals surface area contributed by atoms with E-state index in [1.807, 2.05) is 0 Å². The second kappa shape index (κ2) is 6.93. The van der Waals surface area contributed by atoms with Crippen molar-refractivity contribution in [3.05, 3.63) is 35.2 Å². The van der Waals surface area contributed by atoms with Crippen LogP contribution in [0.3, 0.4) is 0 Å². The molecule has 0 fully saturated rings. The standard InChI is InChI=1S/C14H14F3N3O2/c1-8(2)12(22-3)10(6-18)13(21)20-11-5-4-9(7-19-11)14(15,16)17/h4-5,7-8H,1-3H3,(H,19,20,21). The molecule has 0 saturated heterocycles. The van der Waals surface area contributed by atoms with Gasteiger partial charge < -0.3 is 10.1 Å². The third-order valence-electron chi connectivity index (χ3n) is 2.66. The minimum Gasteiger partial charge on any atom is -0.499 e. The molecule has 0 aliphatic heterocycles. The van der Waals surface area contributed by atoms with Gasteiger partial charge in [-0.1, -0.05) is 13.8 Å². The molecule has 1 aromatic rings. The number of pyridine rings is 1. The van der Waals surface area contributed by atoms with Crippen molar-refractivity contribution in [2.24, 2.45) is 5.92 Å². The first kappa shape index (κ1) is 17.5. The van der Waals surface area contributed by atoms with Gasteiger partial charge in [0.05, 0.1) is 12.7 Å². The molecule has 1 heterocycles. The molecule has 0 spiro atoms. The van der Waals surface area contributed by atoms with Gasteiger partial charge in [0.15, 0.2) is 5.57 Å². The van der Waals surface area contributed by atoms with Crippen LogP contribution in [0.2, 0.25) is 0 Å². The summed E-state index contributed by atoms with van der Waals surface area (Å²) in [5.74, 6) is -0.900. The molecular formula is C14H14F3N3O2. The number of aromatic nitrogens is 1. The third-order valence-corrected chi connectivity index (χ3v) is 2.66. The summed E-state index contributed by atoms with van der Waals surface area (Å²) >= 11 is 0. The fourth-order valence-corrected chi connectivity index (χ4v) is 1.66. The number of nitrogens with one attached hydrogen (secondary N) is 1. The molecule has 0 aromatic carbocycles. The number of hydrogen-bond donors (Lipinski definition) is 1. The van der Waals surface area contributed by atoms with E-state index < -0.39 is 17.6 Å². The van der Waals surface area contributed by atoms with Crippen molar-refractivity contribution in [1.29, 1.82) is 5.26 Å². The van der Waals surface area contributed by atoms with E-state index in [0.717, 1.165) is 12.1 Å². The first-order valence-corrected chi connectivity index (χ1v) is 6.23. The van der Waals surface area contributed by atoms with Crippen molar-refractivity contribution >= 4 is 11.7 Å². The highest BCUT2D eigenvalue weighted by Crippen LogP contribution is 2.29. The maximum atomic E-state index is 12.4. The molecule has 1 amide bonds. The highest BCUT2D eigenvalue weighted by molar-refractivity contribution is 6.06. The number of alkyl halides is 3. The summed E-state index contributed by atoms with van der Waals surface area (Å²) in [6.45, 7) is 3.47. The van der Waals surface area contributed by atoms with Crippen LogP contribution < -0.4 is 5.32 Å². The van der Waals surface area contributed by atoms with Crippen LogP contribution in [0.5, 0.6) is 0 Å². The van der Waals surface area contributed by atoms with Crippen LogP contribution in [0.25, 0.3) is 0 Å². The molecule has 0 unspecified atom stereocenters. The number of carbonyl (C=O) groups is 1. The largest absolute Gasteiger partial charge is 0.499 e. The average Bonchev–Trinajstić information content (AvgIpc) is 2.43. The van der Waals surface area contributed by atoms with Crippen molar-refractivity contribution in [2.75, 3.05) is 12.4 Å². The summed E-state index contributed by atoms with van der Waals surface area (Å²) in [5.41, 5.74) is -1.18. The average molecular weight is 313 g/mol. The smallest absolute Gasteiger partial charge is 0.417 e. The van der Waals surface area contributed by atoms with E-state index in [1.54, 1.807) is 19.9 Å². The number of nitrogens with zero attached hydrogens (tertiary/aromatic N) is 2. The second-order valence-electron chi connectivity index (χ2n) is 4.59. The van der Waals surface area contributed by atoms with Crippen LogP contribution in [0.4, 0.5) is 19.0 Å². The van der Waals surface area contributed by atoms with Gasteiger partial charge in [0.25, 0.3) is 5.91 Å². The molecule has 0 aliphatic rings. The number of allylic oxidation sites excluding steroid dienone is 1. The number of halogens is 3. The SMILES string of the molecule is COC(=C(C#N)C(=O)Nc1ccc(C(F)(F)F)cn1)C(C)C. The molecule has 1 aromatic heterocycles. The molecule has 22 heavy (non-hydrogen) atoms. The monoisotopic (exact) mass is 313 g/mol.